The maximum atomic E-state index is 13.4. The molecule has 100 valence electrons. The van der Waals surface area contributed by atoms with Crippen LogP contribution in [0.15, 0.2) is 24.3 Å². The number of rotatable bonds is 3. The Morgan fingerprint density at radius 1 is 1.11 bits per heavy atom. The van der Waals surface area contributed by atoms with Crippen molar-refractivity contribution in [3.63, 3.8) is 0 Å². The Morgan fingerprint density at radius 2 is 1.84 bits per heavy atom. The molecule has 0 radical (unpaired) electrons. The van der Waals surface area contributed by atoms with Crippen LogP contribution in [0.25, 0.3) is 0 Å². The lowest BCUT2D eigenvalue weighted by Gasteiger charge is -2.19. The third kappa shape index (κ3) is 2.79. The van der Waals surface area contributed by atoms with Crippen LogP contribution in [0.2, 0.25) is 0 Å². The molecule has 3 nitrogen and oxygen atoms in total. The summed E-state index contributed by atoms with van der Waals surface area (Å²) in [5.41, 5.74) is 4.50. The number of benzene rings is 1. The third-order valence-electron chi connectivity index (χ3n) is 3.25. The zero-order valence-electron chi connectivity index (χ0n) is 11.7. The lowest BCUT2D eigenvalue weighted by molar-refractivity contribution is 0.613. The molecule has 0 aliphatic carbocycles. The van der Waals surface area contributed by atoms with Crippen LogP contribution in [0.5, 0.6) is 0 Å². The van der Waals surface area contributed by atoms with E-state index in [0.717, 1.165) is 22.5 Å². The van der Waals surface area contributed by atoms with E-state index in [1.54, 1.807) is 13.0 Å². The molecule has 0 aliphatic heterocycles. The van der Waals surface area contributed by atoms with Crippen LogP contribution >= 0.6 is 0 Å². The van der Waals surface area contributed by atoms with Gasteiger partial charge in [-0.1, -0.05) is 12.1 Å². The molecule has 2 aromatic rings. The molecular weight excluding hydrogens is 241 g/mol. The summed E-state index contributed by atoms with van der Waals surface area (Å²) < 4.78 is 13.4. The molecule has 1 N–H and O–H groups in total. The highest BCUT2D eigenvalue weighted by molar-refractivity contribution is 5.36. The average molecular weight is 259 g/mol. The van der Waals surface area contributed by atoms with Crippen molar-refractivity contribution in [1.29, 1.82) is 0 Å². The van der Waals surface area contributed by atoms with Crippen LogP contribution in [0, 0.1) is 26.6 Å². The first-order valence-electron chi connectivity index (χ1n) is 6.27. The third-order valence-corrected chi connectivity index (χ3v) is 3.25. The van der Waals surface area contributed by atoms with Crippen molar-refractivity contribution >= 4 is 0 Å². The van der Waals surface area contributed by atoms with Crippen LogP contribution in [-0.4, -0.2) is 17.2 Å². The SMILES string of the molecule is CNC(c1ccc(F)c(C)c1)c1cc(C)nnc1C. The van der Waals surface area contributed by atoms with Crippen molar-refractivity contribution < 1.29 is 4.39 Å². The van der Waals surface area contributed by atoms with E-state index >= 15 is 0 Å². The molecule has 0 saturated carbocycles. The van der Waals surface area contributed by atoms with E-state index in [1.807, 2.05) is 33.0 Å². The number of halogens is 1. The second-order valence-corrected chi connectivity index (χ2v) is 4.76. The van der Waals surface area contributed by atoms with Gasteiger partial charge in [0.25, 0.3) is 0 Å². The minimum absolute atomic E-state index is 0.00602. The number of aromatic nitrogens is 2. The first kappa shape index (κ1) is 13.6. The molecule has 1 heterocycles. The highest BCUT2D eigenvalue weighted by Crippen LogP contribution is 2.25. The van der Waals surface area contributed by atoms with Gasteiger partial charge >= 0.3 is 0 Å². The summed E-state index contributed by atoms with van der Waals surface area (Å²) in [5, 5.41) is 11.5. The lowest BCUT2D eigenvalue weighted by Crippen LogP contribution is -2.20. The summed E-state index contributed by atoms with van der Waals surface area (Å²) in [7, 11) is 1.89. The summed E-state index contributed by atoms with van der Waals surface area (Å²) in [5.74, 6) is -0.181. The molecule has 0 bridgehead atoms. The molecule has 0 fully saturated rings. The van der Waals surface area contributed by atoms with Gasteiger partial charge in [-0.15, -0.1) is 0 Å². The van der Waals surface area contributed by atoms with E-state index in [2.05, 4.69) is 15.5 Å². The molecule has 19 heavy (non-hydrogen) atoms. The van der Waals surface area contributed by atoms with Gasteiger partial charge in [0.15, 0.2) is 0 Å². The predicted molar refractivity (Wildman–Crippen MR) is 73.5 cm³/mol. The number of nitrogens with one attached hydrogen (secondary N) is 1. The summed E-state index contributed by atoms with van der Waals surface area (Å²) in [6, 6.07) is 7.19. The Balaban J connectivity index is 2.49. The zero-order valence-corrected chi connectivity index (χ0v) is 11.7. The Labute approximate surface area is 112 Å². The van der Waals surface area contributed by atoms with Crippen LogP contribution < -0.4 is 5.32 Å². The van der Waals surface area contributed by atoms with Crippen LogP contribution in [0.4, 0.5) is 4.39 Å². The van der Waals surface area contributed by atoms with E-state index in [9.17, 15) is 4.39 Å². The minimum Gasteiger partial charge on any atom is -0.309 e. The second-order valence-electron chi connectivity index (χ2n) is 4.76. The maximum Gasteiger partial charge on any atom is 0.126 e. The Hall–Kier alpha value is -1.81. The van der Waals surface area contributed by atoms with Gasteiger partial charge in [-0.2, -0.15) is 10.2 Å². The van der Waals surface area contributed by atoms with Crippen molar-refractivity contribution in [3.8, 4) is 0 Å². The largest absolute Gasteiger partial charge is 0.309 e. The van der Waals surface area contributed by atoms with Crippen molar-refractivity contribution in [1.82, 2.24) is 15.5 Å². The molecule has 0 amide bonds. The minimum atomic E-state index is -0.181. The highest BCUT2D eigenvalue weighted by Gasteiger charge is 2.16. The fourth-order valence-electron chi connectivity index (χ4n) is 2.21. The lowest BCUT2D eigenvalue weighted by atomic mass is 9.96. The molecule has 0 saturated heterocycles. The molecule has 1 unspecified atom stereocenters. The first-order valence-corrected chi connectivity index (χ1v) is 6.27. The smallest absolute Gasteiger partial charge is 0.126 e. The van der Waals surface area contributed by atoms with E-state index < -0.39 is 0 Å². The van der Waals surface area contributed by atoms with Crippen LogP contribution in [-0.2, 0) is 0 Å². The number of aryl methyl sites for hydroxylation is 3. The van der Waals surface area contributed by atoms with Gasteiger partial charge < -0.3 is 5.32 Å². The molecular formula is C15H18FN3. The molecule has 4 heteroatoms. The van der Waals surface area contributed by atoms with Crippen LogP contribution in [0.1, 0.15) is 34.1 Å². The van der Waals surface area contributed by atoms with Crippen molar-refractivity contribution in [2.75, 3.05) is 7.05 Å². The van der Waals surface area contributed by atoms with Gasteiger partial charge in [0.1, 0.15) is 5.82 Å². The van der Waals surface area contributed by atoms with Gasteiger partial charge in [0, 0.05) is 0 Å². The topological polar surface area (TPSA) is 37.8 Å². The maximum absolute atomic E-state index is 13.4. The Morgan fingerprint density at radius 3 is 2.47 bits per heavy atom. The van der Waals surface area contributed by atoms with E-state index in [4.69, 9.17) is 0 Å². The van der Waals surface area contributed by atoms with Crippen molar-refractivity contribution in [2.24, 2.45) is 0 Å². The molecule has 1 atom stereocenters. The standard InChI is InChI=1S/C15H18FN3/c1-9-7-12(5-6-14(9)16)15(17-4)13-8-10(2)18-19-11(13)3/h5-8,15,17H,1-4H3. The van der Waals surface area contributed by atoms with Crippen molar-refractivity contribution in [3.05, 3.63) is 58.2 Å². The normalized spacial score (nSPS) is 12.5. The Kier molecular flexibility index (Phi) is 3.90. The summed E-state index contributed by atoms with van der Waals surface area (Å²) in [4.78, 5) is 0. The zero-order chi connectivity index (χ0) is 14.0. The van der Waals surface area contributed by atoms with Gasteiger partial charge in [-0.25, -0.2) is 4.39 Å². The van der Waals surface area contributed by atoms with Gasteiger partial charge in [0.2, 0.25) is 0 Å². The molecule has 2 rings (SSSR count). The first-order chi connectivity index (χ1) is 9.02. The number of hydrogen-bond acceptors (Lipinski definition) is 3. The van der Waals surface area contributed by atoms with Gasteiger partial charge in [-0.3, -0.25) is 0 Å². The number of nitrogens with zero attached hydrogens (tertiary/aromatic N) is 2. The Bertz CT molecular complexity index is 596. The van der Waals surface area contributed by atoms with Crippen LogP contribution in [0.3, 0.4) is 0 Å². The predicted octanol–water partition coefficient (Wildman–Crippen LogP) is 2.85. The molecule has 0 spiro atoms. The summed E-state index contributed by atoms with van der Waals surface area (Å²) in [6.07, 6.45) is 0. The van der Waals surface area contributed by atoms with E-state index in [-0.39, 0.29) is 11.9 Å². The average Bonchev–Trinajstić information content (AvgIpc) is 2.38. The fraction of sp³-hybridized carbons (Fsp3) is 0.333. The van der Waals surface area contributed by atoms with E-state index in [0.29, 0.717) is 5.56 Å². The van der Waals surface area contributed by atoms with Gasteiger partial charge in [0.05, 0.1) is 17.4 Å². The monoisotopic (exact) mass is 259 g/mol. The second kappa shape index (κ2) is 5.45. The molecule has 1 aromatic carbocycles. The summed E-state index contributed by atoms with van der Waals surface area (Å²) in [6.45, 7) is 5.62. The highest BCUT2D eigenvalue weighted by atomic mass is 19.1. The molecule has 0 aliphatic rings. The van der Waals surface area contributed by atoms with Crippen molar-refractivity contribution in [2.45, 2.75) is 26.8 Å². The quantitative estimate of drug-likeness (QED) is 0.921. The van der Waals surface area contributed by atoms with E-state index in [1.165, 1.54) is 6.07 Å². The summed E-state index contributed by atoms with van der Waals surface area (Å²) >= 11 is 0. The number of hydrogen-bond donors (Lipinski definition) is 1. The molecule has 1 aromatic heterocycles. The van der Waals surface area contributed by atoms with Gasteiger partial charge in [-0.05, 0) is 56.6 Å². The fourth-order valence-corrected chi connectivity index (χ4v) is 2.21.